The molecule has 2 aromatic heterocycles. The largest absolute Gasteiger partial charge is 0.364 e. The summed E-state index contributed by atoms with van der Waals surface area (Å²) in [6, 6.07) is 11.4. The van der Waals surface area contributed by atoms with Crippen LogP contribution in [-0.4, -0.2) is 6.79 Å². The highest BCUT2D eigenvalue weighted by Crippen LogP contribution is 1.75. The van der Waals surface area contributed by atoms with Gasteiger partial charge in [-0.3, -0.25) is 0 Å². The minimum Gasteiger partial charge on any atom is -0.223 e. The molecule has 0 spiro atoms. The van der Waals surface area contributed by atoms with E-state index in [1.54, 1.807) is 34.2 Å². The Labute approximate surface area is 87.8 Å². The first-order valence-electron chi connectivity index (χ1n) is 4.64. The molecule has 0 aliphatic heterocycles. The second kappa shape index (κ2) is 4.95. The van der Waals surface area contributed by atoms with E-state index in [-0.39, 0.29) is 6.79 Å². The first-order valence-corrected chi connectivity index (χ1v) is 4.64. The van der Waals surface area contributed by atoms with Crippen LogP contribution in [0.5, 0.6) is 0 Å². The van der Waals surface area contributed by atoms with Crippen LogP contribution in [0, 0.1) is 0 Å². The molecule has 15 heavy (non-hydrogen) atoms. The summed E-state index contributed by atoms with van der Waals surface area (Å²) in [4.78, 5) is 10.6. The average molecular weight is 204 g/mol. The number of aromatic nitrogens is 2. The summed E-state index contributed by atoms with van der Waals surface area (Å²) >= 11 is 0. The molecule has 0 atom stereocenters. The van der Waals surface area contributed by atoms with Crippen molar-refractivity contribution in [1.82, 2.24) is 0 Å². The van der Waals surface area contributed by atoms with Gasteiger partial charge in [0.15, 0.2) is 0 Å². The molecule has 2 heterocycles. The van der Waals surface area contributed by atoms with E-state index in [4.69, 9.17) is 9.68 Å². The molecule has 76 valence electrons. The predicted molar refractivity (Wildman–Crippen MR) is 51.3 cm³/mol. The molecule has 0 unspecified atom stereocenters. The maximum Gasteiger partial charge on any atom is 0.364 e. The minimum atomic E-state index is 0.156. The van der Waals surface area contributed by atoms with E-state index in [1.807, 2.05) is 36.4 Å². The van der Waals surface area contributed by atoms with Crippen LogP contribution < -0.4 is 19.1 Å². The van der Waals surface area contributed by atoms with Gasteiger partial charge in [-0.15, -0.1) is 0 Å². The highest BCUT2D eigenvalue weighted by Gasteiger charge is 2.02. The number of hydrogen-bond acceptors (Lipinski definition) is 2. The standard InChI is InChI=1S/C11H12N2O2/c1-3-7-12(8-4-1)14-11-15-13-9-5-2-6-10-13/h1-10H,11H2/q+2. The van der Waals surface area contributed by atoms with Crippen molar-refractivity contribution in [2.45, 2.75) is 0 Å². The molecule has 2 rings (SSSR count). The topological polar surface area (TPSA) is 26.2 Å². The van der Waals surface area contributed by atoms with E-state index in [0.717, 1.165) is 0 Å². The lowest BCUT2D eigenvalue weighted by Crippen LogP contribution is -2.51. The molecule has 0 N–H and O–H groups in total. The van der Waals surface area contributed by atoms with Crippen LogP contribution in [0.4, 0.5) is 0 Å². The second-order valence-corrected chi connectivity index (χ2v) is 2.85. The van der Waals surface area contributed by atoms with E-state index < -0.39 is 0 Å². The smallest absolute Gasteiger partial charge is 0.223 e. The maximum atomic E-state index is 5.28. The lowest BCUT2D eigenvalue weighted by Gasteiger charge is -1.95. The van der Waals surface area contributed by atoms with Gasteiger partial charge in [0.1, 0.15) is 0 Å². The Morgan fingerprint density at radius 1 is 0.600 bits per heavy atom. The number of hydrogen-bond donors (Lipinski definition) is 0. The van der Waals surface area contributed by atoms with Crippen LogP contribution in [0.1, 0.15) is 0 Å². The maximum absolute atomic E-state index is 5.28. The molecule has 0 amide bonds. The molecule has 4 heteroatoms. The van der Waals surface area contributed by atoms with Crippen LogP contribution >= 0.6 is 0 Å². The highest BCUT2D eigenvalue weighted by atomic mass is 16.8. The van der Waals surface area contributed by atoms with Crippen molar-refractivity contribution in [3.8, 4) is 0 Å². The van der Waals surface area contributed by atoms with Gasteiger partial charge in [-0.25, -0.2) is 9.68 Å². The van der Waals surface area contributed by atoms with Crippen molar-refractivity contribution in [3.05, 3.63) is 61.2 Å². The lowest BCUT2D eigenvalue weighted by atomic mass is 10.5. The van der Waals surface area contributed by atoms with Crippen LogP contribution in [0.25, 0.3) is 0 Å². The van der Waals surface area contributed by atoms with Gasteiger partial charge in [-0.05, 0) is 0 Å². The summed E-state index contributed by atoms with van der Waals surface area (Å²) < 4.78 is 3.17. The molecule has 4 nitrogen and oxygen atoms in total. The Morgan fingerprint density at radius 3 is 1.40 bits per heavy atom. The molecule has 2 aromatic rings. The second-order valence-electron chi connectivity index (χ2n) is 2.85. The van der Waals surface area contributed by atoms with E-state index in [2.05, 4.69) is 0 Å². The summed E-state index contributed by atoms with van der Waals surface area (Å²) in [5.74, 6) is 0. The predicted octanol–water partition coefficient (Wildman–Crippen LogP) is -0.223. The van der Waals surface area contributed by atoms with Crippen LogP contribution in [-0.2, 0) is 0 Å². The zero-order valence-corrected chi connectivity index (χ0v) is 8.19. The summed E-state index contributed by atoms with van der Waals surface area (Å²) in [7, 11) is 0. The van der Waals surface area contributed by atoms with E-state index in [0.29, 0.717) is 0 Å². The highest BCUT2D eigenvalue weighted by molar-refractivity contribution is 4.83. The number of rotatable bonds is 4. The van der Waals surface area contributed by atoms with E-state index >= 15 is 0 Å². The van der Waals surface area contributed by atoms with Crippen molar-refractivity contribution in [3.63, 3.8) is 0 Å². The summed E-state index contributed by atoms with van der Waals surface area (Å²) in [5.41, 5.74) is 0. The zero-order chi connectivity index (χ0) is 10.3. The Hall–Kier alpha value is -2.10. The molecule has 0 saturated heterocycles. The van der Waals surface area contributed by atoms with Gasteiger partial charge in [0, 0.05) is 33.7 Å². The molecule has 0 aromatic carbocycles. The first-order chi connectivity index (χ1) is 7.45. The van der Waals surface area contributed by atoms with Gasteiger partial charge in [0.05, 0.1) is 0 Å². The Morgan fingerprint density at radius 2 is 1.00 bits per heavy atom. The van der Waals surface area contributed by atoms with Gasteiger partial charge in [-0.2, -0.15) is 0 Å². The third-order valence-corrected chi connectivity index (χ3v) is 1.78. The molecule has 0 aliphatic carbocycles. The third-order valence-electron chi connectivity index (χ3n) is 1.78. The normalized spacial score (nSPS) is 9.60. The van der Waals surface area contributed by atoms with Crippen molar-refractivity contribution >= 4 is 0 Å². The van der Waals surface area contributed by atoms with Crippen molar-refractivity contribution < 1.29 is 19.1 Å². The van der Waals surface area contributed by atoms with Gasteiger partial charge in [0.25, 0.3) is 0 Å². The van der Waals surface area contributed by atoms with E-state index in [9.17, 15) is 0 Å². The van der Waals surface area contributed by atoms with Crippen molar-refractivity contribution in [2.75, 3.05) is 6.79 Å². The fourth-order valence-electron chi connectivity index (χ4n) is 1.08. The molecule has 0 aliphatic rings. The fourth-order valence-corrected chi connectivity index (χ4v) is 1.08. The number of nitrogens with zero attached hydrogens (tertiary/aromatic N) is 2. The molecule has 0 saturated carbocycles. The van der Waals surface area contributed by atoms with Crippen LogP contribution in [0.15, 0.2) is 61.2 Å². The monoisotopic (exact) mass is 204 g/mol. The van der Waals surface area contributed by atoms with Gasteiger partial charge in [0.2, 0.25) is 24.8 Å². The summed E-state index contributed by atoms with van der Waals surface area (Å²) in [6.07, 6.45) is 7.22. The van der Waals surface area contributed by atoms with Crippen molar-refractivity contribution in [2.24, 2.45) is 0 Å². The molecular weight excluding hydrogens is 192 g/mol. The fraction of sp³-hybridized carbons (Fsp3) is 0.0909. The van der Waals surface area contributed by atoms with Crippen LogP contribution in [0.2, 0.25) is 0 Å². The van der Waals surface area contributed by atoms with E-state index in [1.165, 1.54) is 0 Å². The Bertz CT molecular complexity index is 352. The molecule has 0 bridgehead atoms. The number of pyridine rings is 2. The molecular formula is C11H12N2O2+2. The summed E-state index contributed by atoms with van der Waals surface area (Å²) in [5, 5.41) is 0. The quantitative estimate of drug-likeness (QED) is 0.508. The third kappa shape index (κ3) is 2.95. The lowest BCUT2D eigenvalue weighted by molar-refractivity contribution is -0.950. The molecule has 0 radical (unpaired) electrons. The Kier molecular flexibility index (Phi) is 3.12. The van der Waals surface area contributed by atoms with Crippen LogP contribution in [0.3, 0.4) is 0 Å². The Balaban J connectivity index is 1.81. The van der Waals surface area contributed by atoms with Gasteiger partial charge >= 0.3 is 6.79 Å². The van der Waals surface area contributed by atoms with Crippen molar-refractivity contribution in [1.29, 1.82) is 0 Å². The first kappa shape index (κ1) is 9.45. The summed E-state index contributed by atoms with van der Waals surface area (Å²) in [6.45, 7) is 0.156. The minimum absolute atomic E-state index is 0.156. The van der Waals surface area contributed by atoms with Gasteiger partial charge < -0.3 is 0 Å². The van der Waals surface area contributed by atoms with Gasteiger partial charge in [-0.1, -0.05) is 12.1 Å². The molecule has 0 fully saturated rings. The SMILES string of the molecule is c1cc[n+](OCO[n+]2ccccc2)cc1. The zero-order valence-electron chi connectivity index (χ0n) is 8.19. The average Bonchev–Trinajstić information content (AvgIpc) is 2.32.